The third kappa shape index (κ3) is 3.68. The number of hydrogen-bond donors (Lipinski definition) is 1. The Balaban J connectivity index is 1.58. The van der Waals surface area contributed by atoms with E-state index in [0.29, 0.717) is 24.5 Å². The second-order valence-corrected chi connectivity index (χ2v) is 6.41. The number of carbonyl (C=O) groups excluding carboxylic acids is 1. The van der Waals surface area contributed by atoms with E-state index in [1.807, 2.05) is 53.0 Å². The molecule has 0 aliphatic carbocycles. The van der Waals surface area contributed by atoms with Crippen molar-refractivity contribution in [2.75, 3.05) is 19.6 Å². The van der Waals surface area contributed by atoms with E-state index in [0.717, 1.165) is 18.1 Å². The number of carbonyl (C=O) groups is 1. The molecule has 1 saturated heterocycles. The third-order valence-electron chi connectivity index (χ3n) is 4.59. The standard InChI is InChI=1S/C20H21N5O2/c1-24-11-10-23-19(24)18-14-21-9-12-25(18)20(26)17-13-16(7-8-22-17)27-15-5-3-2-4-6-15/h2-8,10-11,13,18,21H,9,12,14H2,1H3. The van der Waals surface area contributed by atoms with Crippen LogP contribution in [-0.2, 0) is 7.05 Å². The fraction of sp³-hybridized carbons (Fsp3) is 0.250. The van der Waals surface area contributed by atoms with Crippen LogP contribution in [-0.4, -0.2) is 45.0 Å². The smallest absolute Gasteiger partial charge is 0.273 e. The lowest BCUT2D eigenvalue weighted by atomic mass is 10.1. The zero-order chi connectivity index (χ0) is 18.6. The first-order valence-electron chi connectivity index (χ1n) is 8.90. The minimum absolute atomic E-state index is 0.122. The molecule has 1 amide bonds. The van der Waals surface area contributed by atoms with Gasteiger partial charge in [-0.2, -0.15) is 0 Å². The Morgan fingerprint density at radius 1 is 1.15 bits per heavy atom. The molecule has 1 aromatic carbocycles. The van der Waals surface area contributed by atoms with Crippen molar-refractivity contribution in [2.24, 2.45) is 7.05 Å². The molecule has 7 nitrogen and oxygen atoms in total. The highest BCUT2D eigenvalue weighted by Gasteiger charge is 2.31. The normalized spacial score (nSPS) is 16.9. The topological polar surface area (TPSA) is 72.3 Å². The summed E-state index contributed by atoms with van der Waals surface area (Å²) in [6, 6.07) is 12.8. The van der Waals surface area contributed by atoms with Crippen molar-refractivity contribution in [1.29, 1.82) is 0 Å². The second-order valence-electron chi connectivity index (χ2n) is 6.41. The van der Waals surface area contributed by atoms with Crippen LogP contribution in [0.15, 0.2) is 61.1 Å². The highest BCUT2D eigenvalue weighted by Crippen LogP contribution is 2.25. The van der Waals surface area contributed by atoms with E-state index in [1.54, 1.807) is 24.5 Å². The lowest BCUT2D eigenvalue weighted by Gasteiger charge is -2.35. The summed E-state index contributed by atoms with van der Waals surface area (Å²) in [6.07, 6.45) is 5.24. The van der Waals surface area contributed by atoms with E-state index in [1.165, 1.54) is 0 Å². The van der Waals surface area contributed by atoms with Crippen LogP contribution in [0.25, 0.3) is 0 Å². The van der Waals surface area contributed by atoms with Crippen molar-refractivity contribution < 1.29 is 9.53 Å². The highest BCUT2D eigenvalue weighted by molar-refractivity contribution is 5.93. The number of aromatic nitrogens is 3. The van der Waals surface area contributed by atoms with Crippen molar-refractivity contribution in [2.45, 2.75) is 6.04 Å². The molecule has 3 heterocycles. The van der Waals surface area contributed by atoms with Crippen molar-refractivity contribution >= 4 is 5.91 Å². The fourth-order valence-electron chi connectivity index (χ4n) is 3.24. The maximum absolute atomic E-state index is 13.2. The monoisotopic (exact) mass is 363 g/mol. The van der Waals surface area contributed by atoms with E-state index in [2.05, 4.69) is 15.3 Å². The van der Waals surface area contributed by atoms with Crippen LogP contribution < -0.4 is 10.1 Å². The predicted octanol–water partition coefficient (Wildman–Crippen LogP) is 2.39. The first kappa shape index (κ1) is 17.2. The first-order chi connectivity index (χ1) is 13.2. The molecular weight excluding hydrogens is 342 g/mol. The summed E-state index contributed by atoms with van der Waals surface area (Å²) < 4.78 is 7.78. The molecule has 1 aliphatic heterocycles. The number of hydrogen-bond acceptors (Lipinski definition) is 5. The van der Waals surface area contributed by atoms with Crippen LogP contribution >= 0.6 is 0 Å². The van der Waals surface area contributed by atoms with Crippen molar-refractivity contribution in [3.05, 3.63) is 72.6 Å². The molecule has 0 spiro atoms. The molecule has 1 aliphatic rings. The van der Waals surface area contributed by atoms with Gasteiger partial charge < -0.3 is 19.5 Å². The number of benzene rings is 1. The molecule has 1 unspecified atom stereocenters. The number of ether oxygens (including phenoxy) is 1. The summed E-state index contributed by atoms with van der Waals surface area (Å²) in [4.78, 5) is 23.7. The van der Waals surface area contributed by atoms with Gasteiger partial charge in [-0.25, -0.2) is 4.98 Å². The third-order valence-corrected chi connectivity index (χ3v) is 4.59. The quantitative estimate of drug-likeness (QED) is 0.771. The molecule has 138 valence electrons. The molecule has 2 aromatic heterocycles. The van der Waals surface area contributed by atoms with Crippen LogP contribution in [0.1, 0.15) is 22.4 Å². The van der Waals surface area contributed by atoms with Crippen LogP contribution in [0.5, 0.6) is 11.5 Å². The molecule has 1 atom stereocenters. The molecule has 1 N–H and O–H groups in total. The first-order valence-corrected chi connectivity index (χ1v) is 8.90. The summed E-state index contributed by atoms with van der Waals surface area (Å²) in [6.45, 7) is 2.01. The molecule has 7 heteroatoms. The van der Waals surface area contributed by atoms with Gasteiger partial charge in [-0.1, -0.05) is 18.2 Å². The number of piperazine rings is 1. The molecule has 0 saturated carbocycles. The van der Waals surface area contributed by atoms with Gasteiger partial charge in [-0.15, -0.1) is 0 Å². The van der Waals surface area contributed by atoms with Gasteiger partial charge in [0.25, 0.3) is 5.91 Å². The van der Waals surface area contributed by atoms with Gasteiger partial charge >= 0.3 is 0 Å². The summed E-state index contributed by atoms with van der Waals surface area (Å²) >= 11 is 0. The lowest BCUT2D eigenvalue weighted by molar-refractivity contribution is 0.0614. The number of imidazole rings is 1. The molecule has 0 bridgehead atoms. The van der Waals surface area contributed by atoms with Gasteiger partial charge in [0.2, 0.25) is 0 Å². The second kappa shape index (κ2) is 7.59. The van der Waals surface area contributed by atoms with Gasteiger partial charge in [0.15, 0.2) is 0 Å². The Labute approximate surface area is 157 Å². The van der Waals surface area contributed by atoms with E-state index < -0.39 is 0 Å². The van der Waals surface area contributed by atoms with Crippen LogP contribution in [0.2, 0.25) is 0 Å². The maximum Gasteiger partial charge on any atom is 0.273 e. The summed E-state index contributed by atoms with van der Waals surface area (Å²) in [5.41, 5.74) is 0.365. The maximum atomic E-state index is 13.2. The summed E-state index contributed by atoms with van der Waals surface area (Å²) in [5.74, 6) is 2.04. The number of nitrogens with zero attached hydrogens (tertiary/aromatic N) is 4. The minimum atomic E-state index is -0.133. The number of amides is 1. The van der Waals surface area contributed by atoms with E-state index in [9.17, 15) is 4.79 Å². The van der Waals surface area contributed by atoms with Crippen LogP contribution in [0.3, 0.4) is 0 Å². The molecule has 4 rings (SSSR count). The highest BCUT2D eigenvalue weighted by atomic mass is 16.5. The van der Waals surface area contributed by atoms with E-state index >= 15 is 0 Å². The van der Waals surface area contributed by atoms with Crippen molar-refractivity contribution in [3.63, 3.8) is 0 Å². The molecule has 3 aromatic rings. The van der Waals surface area contributed by atoms with E-state index in [4.69, 9.17) is 4.74 Å². The number of aryl methyl sites for hydroxylation is 1. The van der Waals surface area contributed by atoms with Crippen molar-refractivity contribution in [3.8, 4) is 11.5 Å². The van der Waals surface area contributed by atoms with Crippen LogP contribution in [0.4, 0.5) is 0 Å². The number of rotatable bonds is 4. The van der Waals surface area contributed by atoms with Crippen LogP contribution in [0, 0.1) is 0 Å². The zero-order valence-electron chi connectivity index (χ0n) is 15.1. The summed E-state index contributed by atoms with van der Waals surface area (Å²) in [7, 11) is 1.94. The Hall–Kier alpha value is -3.19. The van der Waals surface area contributed by atoms with Gasteiger partial charge in [0, 0.05) is 51.3 Å². The Morgan fingerprint density at radius 3 is 2.78 bits per heavy atom. The van der Waals surface area contributed by atoms with Gasteiger partial charge in [0.05, 0.1) is 0 Å². The molecular formula is C20H21N5O2. The Morgan fingerprint density at radius 2 is 2.00 bits per heavy atom. The molecule has 0 radical (unpaired) electrons. The zero-order valence-corrected chi connectivity index (χ0v) is 15.1. The Bertz CT molecular complexity index is 925. The SMILES string of the molecule is Cn1ccnc1C1CNCCN1C(=O)c1cc(Oc2ccccc2)ccn1. The number of nitrogens with one attached hydrogen (secondary N) is 1. The van der Waals surface area contributed by atoms with E-state index in [-0.39, 0.29) is 11.9 Å². The Kier molecular flexibility index (Phi) is 4.84. The average Bonchev–Trinajstić information content (AvgIpc) is 3.14. The number of para-hydroxylation sites is 1. The largest absolute Gasteiger partial charge is 0.457 e. The van der Waals surface area contributed by atoms with Crippen molar-refractivity contribution in [1.82, 2.24) is 24.8 Å². The lowest BCUT2D eigenvalue weighted by Crippen LogP contribution is -2.49. The minimum Gasteiger partial charge on any atom is -0.457 e. The predicted molar refractivity (Wildman–Crippen MR) is 101 cm³/mol. The summed E-state index contributed by atoms with van der Waals surface area (Å²) in [5, 5.41) is 3.34. The van der Waals surface area contributed by atoms with Gasteiger partial charge in [0.1, 0.15) is 29.1 Å². The van der Waals surface area contributed by atoms with Gasteiger partial charge in [-0.3, -0.25) is 9.78 Å². The average molecular weight is 363 g/mol. The molecule has 1 fully saturated rings. The number of pyridine rings is 1. The van der Waals surface area contributed by atoms with Gasteiger partial charge in [-0.05, 0) is 18.2 Å². The molecule has 27 heavy (non-hydrogen) atoms. The fourth-order valence-corrected chi connectivity index (χ4v) is 3.24.